The molecule has 24 heavy (non-hydrogen) atoms. The fourth-order valence-electron chi connectivity index (χ4n) is 2.63. The first kappa shape index (κ1) is 18.0. The maximum atomic E-state index is 11.5. The van der Waals surface area contributed by atoms with Gasteiger partial charge in [-0.05, 0) is 25.2 Å². The number of hydrogen-bond donors (Lipinski definition) is 0. The fourth-order valence-corrected chi connectivity index (χ4v) is 5.16. The zero-order valence-corrected chi connectivity index (χ0v) is 16.6. The molecular formula is C16H20N2O3S3. The lowest BCUT2D eigenvalue weighted by atomic mass is 9.90. The third-order valence-electron chi connectivity index (χ3n) is 4.27. The fraction of sp³-hybridized carbons (Fsp3) is 0.562. The van der Waals surface area contributed by atoms with Gasteiger partial charge in [0.1, 0.15) is 9.86 Å². The first-order chi connectivity index (χ1) is 11.5. The summed E-state index contributed by atoms with van der Waals surface area (Å²) >= 11 is 4.61. The average Bonchev–Trinajstić information content (AvgIpc) is 2.96. The highest BCUT2D eigenvalue weighted by molar-refractivity contribution is 8.00. The summed E-state index contributed by atoms with van der Waals surface area (Å²) < 4.78 is 10.8. The number of nitrogens with zero attached hydrogens (tertiary/aromatic N) is 2. The van der Waals surface area contributed by atoms with E-state index >= 15 is 0 Å². The van der Waals surface area contributed by atoms with E-state index in [9.17, 15) is 4.79 Å². The van der Waals surface area contributed by atoms with E-state index in [-0.39, 0.29) is 17.3 Å². The molecule has 2 aromatic heterocycles. The highest BCUT2D eigenvalue weighted by Gasteiger charge is 2.33. The molecule has 0 amide bonds. The van der Waals surface area contributed by atoms with Crippen LogP contribution in [0.4, 0.5) is 0 Å². The molecular weight excluding hydrogens is 364 g/mol. The van der Waals surface area contributed by atoms with Crippen molar-refractivity contribution in [1.82, 2.24) is 9.97 Å². The van der Waals surface area contributed by atoms with Crippen LogP contribution in [0.25, 0.3) is 10.2 Å². The van der Waals surface area contributed by atoms with Crippen molar-refractivity contribution >= 4 is 51.0 Å². The molecule has 1 aliphatic heterocycles. The van der Waals surface area contributed by atoms with Gasteiger partial charge in [0.2, 0.25) is 0 Å². The summed E-state index contributed by atoms with van der Waals surface area (Å²) in [4.78, 5) is 23.1. The van der Waals surface area contributed by atoms with Crippen molar-refractivity contribution in [2.24, 2.45) is 0 Å². The standard InChI is InChI=1S/C16H20N2O3S3/c1-5-16(2)6-9-10(7-21-16)24-14-12(9)13(17-15(18-14)22-4)23-8-11(19)20-3/h5-8H2,1-4H3/t16-/m1/s1. The third-order valence-corrected chi connectivity index (χ3v) is 6.86. The zero-order valence-electron chi connectivity index (χ0n) is 14.2. The van der Waals surface area contributed by atoms with Gasteiger partial charge < -0.3 is 9.47 Å². The first-order valence-corrected chi connectivity index (χ1v) is 10.7. The lowest BCUT2D eigenvalue weighted by Crippen LogP contribution is -2.33. The number of fused-ring (bicyclic) bond motifs is 3. The number of thiophene rings is 1. The summed E-state index contributed by atoms with van der Waals surface area (Å²) in [6, 6.07) is 0. The Labute approximate surface area is 153 Å². The molecule has 0 fully saturated rings. The second kappa shape index (κ2) is 7.19. The quantitative estimate of drug-likeness (QED) is 0.335. The van der Waals surface area contributed by atoms with Crippen molar-refractivity contribution in [2.75, 3.05) is 19.1 Å². The Morgan fingerprint density at radius 3 is 2.92 bits per heavy atom. The molecule has 0 N–H and O–H groups in total. The van der Waals surface area contributed by atoms with Gasteiger partial charge >= 0.3 is 5.97 Å². The SMILES string of the molecule is CC[C@]1(C)Cc2c(sc3nc(SC)nc(SCC(=O)OC)c23)CO1. The molecule has 130 valence electrons. The maximum Gasteiger partial charge on any atom is 0.316 e. The number of aromatic nitrogens is 2. The van der Waals surface area contributed by atoms with E-state index < -0.39 is 0 Å². The van der Waals surface area contributed by atoms with E-state index in [2.05, 4.69) is 23.8 Å². The summed E-state index contributed by atoms with van der Waals surface area (Å²) in [5.74, 6) is 0.00563. The lowest BCUT2D eigenvalue weighted by molar-refractivity contribution is -0.137. The molecule has 0 bridgehead atoms. The van der Waals surface area contributed by atoms with Crippen LogP contribution in [0.2, 0.25) is 0 Å². The summed E-state index contributed by atoms with van der Waals surface area (Å²) in [6.45, 7) is 4.92. The Kier molecular flexibility index (Phi) is 5.39. The molecule has 0 aliphatic carbocycles. The Hall–Kier alpha value is -0.830. The normalized spacial score (nSPS) is 20.2. The van der Waals surface area contributed by atoms with Crippen molar-refractivity contribution in [3.63, 3.8) is 0 Å². The van der Waals surface area contributed by atoms with Crippen LogP contribution in [0.3, 0.4) is 0 Å². The van der Waals surface area contributed by atoms with Crippen LogP contribution in [0, 0.1) is 0 Å². The maximum absolute atomic E-state index is 11.5. The second-order valence-corrected chi connectivity index (χ2v) is 8.65. The van der Waals surface area contributed by atoms with Gasteiger partial charge in [-0.2, -0.15) is 0 Å². The monoisotopic (exact) mass is 384 g/mol. The van der Waals surface area contributed by atoms with Crippen LogP contribution in [-0.4, -0.2) is 40.7 Å². The molecule has 0 aromatic carbocycles. The largest absolute Gasteiger partial charge is 0.468 e. The predicted octanol–water partition coefficient (Wildman–Crippen LogP) is 3.92. The molecule has 1 aliphatic rings. The topological polar surface area (TPSA) is 61.3 Å². The van der Waals surface area contributed by atoms with E-state index in [0.29, 0.717) is 6.61 Å². The number of carbonyl (C=O) groups is 1. The van der Waals surface area contributed by atoms with Crippen molar-refractivity contribution < 1.29 is 14.3 Å². The van der Waals surface area contributed by atoms with E-state index in [1.54, 1.807) is 11.3 Å². The van der Waals surface area contributed by atoms with Gasteiger partial charge in [0.25, 0.3) is 0 Å². The zero-order chi connectivity index (χ0) is 17.3. The van der Waals surface area contributed by atoms with Crippen molar-refractivity contribution in [1.29, 1.82) is 0 Å². The Morgan fingerprint density at radius 2 is 2.25 bits per heavy atom. The van der Waals surface area contributed by atoms with Crippen molar-refractivity contribution in [3.05, 3.63) is 10.4 Å². The molecule has 3 rings (SSSR count). The van der Waals surface area contributed by atoms with E-state index in [1.807, 2.05) is 6.26 Å². The minimum Gasteiger partial charge on any atom is -0.468 e. The number of esters is 1. The summed E-state index contributed by atoms with van der Waals surface area (Å²) in [7, 11) is 1.41. The molecule has 0 radical (unpaired) electrons. The minimum atomic E-state index is -0.247. The van der Waals surface area contributed by atoms with Crippen LogP contribution < -0.4 is 0 Å². The van der Waals surface area contributed by atoms with Gasteiger partial charge in [-0.25, -0.2) is 9.97 Å². The Balaban J connectivity index is 2.08. The number of hydrogen-bond acceptors (Lipinski definition) is 8. The van der Waals surface area contributed by atoms with Crippen LogP contribution in [0.1, 0.15) is 30.7 Å². The average molecular weight is 385 g/mol. The van der Waals surface area contributed by atoms with E-state index in [4.69, 9.17) is 9.47 Å². The molecule has 0 saturated carbocycles. The summed E-state index contributed by atoms with van der Waals surface area (Å²) in [5, 5.41) is 2.69. The predicted molar refractivity (Wildman–Crippen MR) is 99.1 cm³/mol. The van der Waals surface area contributed by atoms with Gasteiger partial charge in [-0.3, -0.25) is 4.79 Å². The van der Waals surface area contributed by atoms with Crippen LogP contribution in [0.15, 0.2) is 10.2 Å². The highest BCUT2D eigenvalue weighted by Crippen LogP contribution is 2.43. The van der Waals surface area contributed by atoms with Crippen molar-refractivity contribution in [3.8, 4) is 0 Å². The molecule has 2 aromatic rings. The number of thioether (sulfide) groups is 2. The molecule has 5 nitrogen and oxygen atoms in total. The number of ether oxygens (including phenoxy) is 2. The van der Waals surface area contributed by atoms with Crippen LogP contribution >= 0.6 is 34.9 Å². The first-order valence-electron chi connectivity index (χ1n) is 7.69. The Bertz CT molecular complexity index is 778. The van der Waals surface area contributed by atoms with Crippen LogP contribution in [0.5, 0.6) is 0 Å². The van der Waals surface area contributed by atoms with Gasteiger partial charge in [-0.1, -0.05) is 30.4 Å². The van der Waals surface area contributed by atoms with Gasteiger partial charge in [0.05, 0.1) is 25.1 Å². The summed E-state index contributed by atoms with van der Waals surface area (Å²) in [5.41, 5.74) is 1.13. The summed E-state index contributed by atoms with van der Waals surface area (Å²) in [6.07, 6.45) is 3.77. The Morgan fingerprint density at radius 1 is 1.46 bits per heavy atom. The molecule has 1 atom stereocenters. The minimum absolute atomic E-state index is 0.149. The molecule has 0 unspecified atom stereocenters. The second-order valence-electron chi connectivity index (χ2n) is 5.83. The van der Waals surface area contributed by atoms with Gasteiger partial charge in [-0.15, -0.1) is 11.3 Å². The van der Waals surface area contributed by atoms with E-state index in [1.165, 1.54) is 41.1 Å². The number of rotatable bonds is 5. The smallest absolute Gasteiger partial charge is 0.316 e. The van der Waals surface area contributed by atoms with Gasteiger partial charge in [0.15, 0.2) is 5.16 Å². The number of methoxy groups -OCH3 is 1. The molecule has 0 saturated heterocycles. The van der Waals surface area contributed by atoms with Crippen molar-refractivity contribution in [2.45, 2.75) is 49.1 Å². The molecule has 8 heteroatoms. The van der Waals surface area contributed by atoms with Crippen LogP contribution in [-0.2, 0) is 27.3 Å². The third kappa shape index (κ3) is 3.42. The van der Waals surface area contributed by atoms with E-state index in [0.717, 1.165) is 33.2 Å². The molecule has 0 spiro atoms. The highest BCUT2D eigenvalue weighted by atomic mass is 32.2. The number of carbonyl (C=O) groups excluding carboxylic acids is 1. The van der Waals surface area contributed by atoms with Gasteiger partial charge in [0, 0.05) is 16.7 Å². The lowest BCUT2D eigenvalue weighted by Gasteiger charge is -2.33. The molecule has 3 heterocycles.